The molecule has 0 radical (unpaired) electrons. The van der Waals surface area contributed by atoms with Gasteiger partial charge in [0, 0.05) is 43.1 Å². The van der Waals surface area contributed by atoms with Crippen LogP contribution in [0.3, 0.4) is 0 Å². The Morgan fingerprint density at radius 1 is 0.737 bits per heavy atom. The first-order chi connectivity index (χ1) is 18.2. The van der Waals surface area contributed by atoms with E-state index in [2.05, 4.69) is 22.3 Å². The number of para-hydroxylation sites is 1. The highest BCUT2D eigenvalue weighted by Gasteiger charge is 2.40. The lowest BCUT2D eigenvalue weighted by Gasteiger charge is -2.36. The zero-order valence-corrected chi connectivity index (χ0v) is 22.8. The van der Waals surface area contributed by atoms with Gasteiger partial charge in [0.15, 0.2) is 0 Å². The molecule has 0 aliphatic carbocycles. The summed E-state index contributed by atoms with van der Waals surface area (Å²) in [5.41, 5.74) is 2.09. The van der Waals surface area contributed by atoms with Crippen molar-refractivity contribution in [2.24, 2.45) is 0 Å². The zero-order valence-electron chi connectivity index (χ0n) is 19.8. The van der Waals surface area contributed by atoms with Crippen LogP contribution in [-0.2, 0) is 9.59 Å². The predicted octanol–water partition coefficient (Wildman–Crippen LogP) is 6.04. The lowest BCUT2D eigenvalue weighted by atomic mass is 10.1. The number of carbonyl (C=O) groups is 3. The molecule has 0 spiro atoms. The molecule has 11 heteroatoms. The summed E-state index contributed by atoms with van der Waals surface area (Å²) in [6, 6.07) is 19.4. The molecule has 7 nitrogen and oxygen atoms in total. The fourth-order valence-electron chi connectivity index (χ4n) is 4.34. The molecular weight excluding hydrogens is 570 g/mol. The number of nitrogens with one attached hydrogen (secondary N) is 1. The monoisotopic (exact) mass is 588 g/mol. The standard InChI is InChI=1S/C27H20Cl4N4O3/c28-19-14-21(30)22(15-20(19)29)35-26(37)23(31)24(27(35)38)32-17-8-6-16(7-9-17)25(36)34-12-10-33(11-13-34)18-4-2-1-3-5-18/h1-9,14-15,32H,10-13H2. The van der Waals surface area contributed by atoms with Gasteiger partial charge in [0.25, 0.3) is 17.7 Å². The number of piperazine rings is 1. The molecule has 0 bridgehead atoms. The van der Waals surface area contributed by atoms with Crippen LogP contribution in [0.4, 0.5) is 17.1 Å². The van der Waals surface area contributed by atoms with E-state index in [-0.39, 0.29) is 37.4 Å². The van der Waals surface area contributed by atoms with Crippen molar-refractivity contribution < 1.29 is 14.4 Å². The van der Waals surface area contributed by atoms with Gasteiger partial charge in [-0.05, 0) is 48.5 Å². The Hall–Kier alpha value is -3.23. The SMILES string of the molecule is O=C(c1ccc(NC2=C(Cl)C(=O)N(c3cc(Cl)c(Cl)cc3Cl)C2=O)cc1)N1CCN(c2ccccc2)CC1. The van der Waals surface area contributed by atoms with Crippen LogP contribution in [0.15, 0.2) is 77.5 Å². The van der Waals surface area contributed by atoms with Crippen LogP contribution in [0.5, 0.6) is 0 Å². The maximum atomic E-state index is 13.1. The van der Waals surface area contributed by atoms with Gasteiger partial charge in [-0.25, -0.2) is 4.90 Å². The molecule has 1 fully saturated rings. The number of hydrogen-bond acceptors (Lipinski definition) is 5. The molecule has 1 saturated heterocycles. The third kappa shape index (κ3) is 5.07. The summed E-state index contributed by atoms with van der Waals surface area (Å²) in [4.78, 5) is 43.8. The Morgan fingerprint density at radius 3 is 2.03 bits per heavy atom. The van der Waals surface area contributed by atoms with Crippen LogP contribution < -0.4 is 15.1 Å². The molecule has 2 aliphatic rings. The van der Waals surface area contributed by atoms with Crippen LogP contribution in [-0.4, -0.2) is 48.8 Å². The fourth-order valence-corrected chi connectivity index (χ4v) is 5.18. The molecule has 3 aromatic rings. The highest BCUT2D eigenvalue weighted by atomic mass is 35.5. The second-order valence-electron chi connectivity index (χ2n) is 8.67. The maximum absolute atomic E-state index is 13.1. The number of halogens is 4. The number of nitrogens with zero attached hydrogens (tertiary/aromatic N) is 3. The number of rotatable bonds is 5. The molecule has 3 amide bonds. The molecule has 5 rings (SSSR count). The summed E-state index contributed by atoms with van der Waals surface area (Å²) in [7, 11) is 0. The first-order valence-corrected chi connectivity index (χ1v) is 13.1. The highest BCUT2D eigenvalue weighted by molar-refractivity contribution is 6.54. The topological polar surface area (TPSA) is 73.0 Å². The van der Waals surface area contributed by atoms with Crippen molar-refractivity contribution in [3.63, 3.8) is 0 Å². The van der Waals surface area contributed by atoms with Crippen LogP contribution in [0, 0.1) is 0 Å². The van der Waals surface area contributed by atoms with Crippen LogP contribution >= 0.6 is 46.4 Å². The van der Waals surface area contributed by atoms with Crippen molar-refractivity contribution in [3.05, 3.63) is 98.1 Å². The molecule has 1 N–H and O–H groups in total. The molecule has 3 aromatic carbocycles. The summed E-state index contributed by atoms with van der Waals surface area (Å²) in [5, 5.41) is 2.97. The summed E-state index contributed by atoms with van der Waals surface area (Å²) in [5.74, 6) is -1.52. The van der Waals surface area contributed by atoms with Crippen molar-refractivity contribution in [1.82, 2.24) is 4.90 Å². The summed E-state index contributed by atoms with van der Waals surface area (Å²) >= 11 is 24.4. The summed E-state index contributed by atoms with van der Waals surface area (Å²) in [6.07, 6.45) is 0. The van der Waals surface area contributed by atoms with Gasteiger partial charge in [-0.2, -0.15) is 0 Å². The molecular formula is C27H20Cl4N4O3. The van der Waals surface area contributed by atoms with Gasteiger partial charge in [0.1, 0.15) is 10.7 Å². The Bertz CT molecular complexity index is 1450. The number of hydrogen-bond donors (Lipinski definition) is 1. The van der Waals surface area contributed by atoms with Crippen molar-refractivity contribution in [1.29, 1.82) is 0 Å². The lowest BCUT2D eigenvalue weighted by molar-refractivity contribution is -0.120. The highest BCUT2D eigenvalue weighted by Crippen LogP contribution is 2.38. The number of anilines is 3. The first-order valence-electron chi connectivity index (χ1n) is 11.6. The van der Waals surface area contributed by atoms with Gasteiger partial charge in [0.05, 0.1) is 20.8 Å². The van der Waals surface area contributed by atoms with E-state index in [9.17, 15) is 14.4 Å². The van der Waals surface area contributed by atoms with E-state index in [1.165, 1.54) is 12.1 Å². The molecule has 0 saturated carbocycles. The zero-order chi connectivity index (χ0) is 27.0. The second kappa shape index (κ2) is 10.9. The quantitative estimate of drug-likeness (QED) is 0.290. The Kier molecular flexibility index (Phi) is 7.54. The van der Waals surface area contributed by atoms with E-state index < -0.39 is 11.8 Å². The molecule has 38 heavy (non-hydrogen) atoms. The minimum absolute atomic E-state index is 0.0688. The molecule has 0 atom stereocenters. The Morgan fingerprint density at radius 2 is 1.37 bits per heavy atom. The summed E-state index contributed by atoms with van der Waals surface area (Å²) in [6.45, 7) is 2.72. The third-order valence-electron chi connectivity index (χ3n) is 6.35. The fraction of sp³-hybridized carbons (Fsp3) is 0.148. The van der Waals surface area contributed by atoms with Crippen molar-refractivity contribution in [3.8, 4) is 0 Å². The van der Waals surface area contributed by atoms with E-state index in [1.54, 1.807) is 24.3 Å². The summed E-state index contributed by atoms with van der Waals surface area (Å²) < 4.78 is 0. The van der Waals surface area contributed by atoms with Crippen molar-refractivity contribution in [2.75, 3.05) is 41.3 Å². The van der Waals surface area contributed by atoms with E-state index in [0.29, 0.717) is 24.3 Å². The molecule has 194 valence electrons. The van der Waals surface area contributed by atoms with E-state index >= 15 is 0 Å². The molecule has 2 aliphatic heterocycles. The second-order valence-corrected chi connectivity index (χ2v) is 10.3. The minimum Gasteiger partial charge on any atom is -0.368 e. The lowest BCUT2D eigenvalue weighted by Crippen LogP contribution is -2.48. The smallest absolute Gasteiger partial charge is 0.283 e. The Labute approximate surface area is 239 Å². The van der Waals surface area contributed by atoms with Gasteiger partial charge >= 0.3 is 0 Å². The average Bonchev–Trinajstić information content (AvgIpc) is 3.14. The van der Waals surface area contributed by atoms with Crippen LogP contribution in [0.25, 0.3) is 0 Å². The van der Waals surface area contributed by atoms with Crippen molar-refractivity contribution >= 4 is 81.2 Å². The first kappa shape index (κ1) is 26.4. The van der Waals surface area contributed by atoms with E-state index in [0.717, 1.165) is 23.7 Å². The number of imide groups is 1. The third-order valence-corrected chi connectivity index (χ3v) is 7.72. The van der Waals surface area contributed by atoms with Gasteiger partial charge < -0.3 is 15.1 Å². The minimum atomic E-state index is -0.749. The van der Waals surface area contributed by atoms with Gasteiger partial charge in [0.2, 0.25) is 0 Å². The Balaban J connectivity index is 1.25. The largest absolute Gasteiger partial charge is 0.368 e. The number of carbonyl (C=O) groups excluding carboxylic acids is 3. The van der Waals surface area contributed by atoms with Crippen LogP contribution in [0.1, 0.15) is 10.4 Å². The van der Waals surface area contributed by atoms with Crippen molar-refractivity contribution in [2.45, 2.75) is 0 Å². The number of benzene rings is 3. The normalized spacial score (nSPS) is 15.9. The average molecular weight is 590 g/mol. The molecule has 0 unspecified atom stereocenters. The van der Waals surface area contributed by atoms with Crippen LogP contribution in [0.2, 0.25) is 15.1 Å². The van der Waals surface area contributed by atoms with E-state index in [4.69, 9.17) is 46.4 Å². The predicted molar refractivity (Wildman–Crippen MR) is 151 cm³/mol. The maximum Gasteiger partial charge on any atom is 0.283 e. The molecule has 2 heterocycles. The van der Waals surface area contributed by atoms with Gasteiger partial charge in [-0.1, -0.05) is 64.6 Å². The van der Waals surface area contributed by atoms with E-state index in [1.807, 2.05) is 23.1 Å². The van der Waals surface area contributed by atoms with Gasteiger partial charge in [-0.15, -0.1) is 0 Å². The van der Waals surface area contributed by atoms with Gasteiger partial charge in [-0.3, -0.25) is 14.4 Å². The number of amides is 3. The molecule has 0 aromatic heterocycles.